The third-order valence-corrected chi connectivity index (χ3v) is 1.79. The molecule has 0 saturated heterocycles. The van der Waals surface area contributed by atoms with Crippen LogP contribution in [0.25, 0.3) is 0 Å². The van der Waals surface area contributed by atoms with Crippen molar-refractivity contribution in [1.29, 1.82) is 0 Å². The molecule has 0 saturated carbocycles. The van der Waals surface area contributed by atoms with Crippen LogP contribution in [0.5, 0.6) is 0 Å². The molecule has 0 aromatic carbocycles. The van der Waals surface area contributed by atoms with Crippen LogP contribution in [0.1, 0.15) is 13.3 Å². The normalized spacial score (nSPS) is 16.7. The molecule has 80 valence electrons. The molecule has 0 radical (unpaired) electrons. The topological polar surface area (TPSA) is 132 Å². The molecule has 0 aliphatic heterocycles. The largest absolute Gasteiger partial charge is 0.481 e. The summed E-state index contributed by atoms with van der Waals surface area (Å²) in [5, 5.41) is 34.5. The Labute approximate surface area is 78.6 Å². The second-order valence-electron chi connectivity index (χ2n) is 2.94. The van der Waals surface area contributed by atoms with Gasteiger partial charge in [-0.3, -0.25) is 9.59 Å². The maximum atomic E-state index is 10.5. The monoisotopic (exact) mass is 206 g/mol. The Balaban J connectivity index is 4.91. The van der Waals surface area contributed by atoms with E-state index in [1.54, 1.807) is 0 Å². The SMILES string of the molecule is CC(O)(C(=O)O)[C@H](CC(=O)O)C(=O)O. The molecule has 0 fully saturated rings. The van der Waals surface area contributed by atoms with Crippen LogP contribution in [0.15, 0.2) is 0 Å². The molecule has 2 atom stereocenters. The van der Waals surface area contributed by atoms with E-state index in [4.69, 9.17) is 15.3 Å². The summed E-state index contributed by atoms with van der Waals surface area (Å²) in [4.78, 5) is 31.2. The van der Waals surface area contributed by atoms with Crippen LogP contribution in [0.3, 0.4) is 0 Å². The van der Waals surface area contributed by atoms with Crippen LogP contribution < -0.4 is 0 Å². The first-order valence-electron chi connectivity index (χ1n) is 3.60. The van der Waals surface area contributed by atoms with Gasteiger partial charge in [0.1, 0.15) is 5.92 Å². The van der Waals surface area contributed by atoms with Crippen molar-refractivity contribution >= 4 is 17.9 Å². The molecular weight excluding hydrogens is 196 g/mol. The summed E-state index contributed by atoms with van der Waals surface area (Å²) in [7, 11) is 0. The summed E-state index contributed by atoms with van der Waals surface area (Å²) >= 11 is 0. The number of carbonyl (C=O) groups is 3. The van der Waals surface area contributed by atoms with Crippen molar-refractivity contribution < 1.29 is 34.8 Å². The van der Waals surface area contributed by atoms with Gasteiger partial charge in [-0.25, -0.2) is 4.79 Å². The van der Waals surface area contributed by atoms with E-state index in [1.807, 2.05) is 0 Å². The fourth-order valence-electron chi connectivity index (χ4n) is 0.850. The van der Waals surface area contributed by atoms with Gasteiger partial charge in [-0.1, -0.05) is 0 Å². The molecule has 4 N–H and O–H groups in total. The molecule has 0 amide bonds. The summed E-state index contributed by atoms with van der Waals surface area (Å²) in [6.07, 6.45) is -0.950. The number of rotatable bonds is 5. The first kappa shape index (κ1) is 12.4. The molecule has 0 bridgehead atoms. The number of carboxylic acid groups (broad SMARTS) is 3. The van der Waals surface area contributed by atoms with Crippen LogP contribution >= 0.6 is 0 Å². The average Bonchev–Trinajstić information content (AvgIpc) is 1.98. The summed E-state index contributed by atoms with van der Waals surface area (Å²) in [5.74, 6) is -6.80. The molecule has 0 rings (SSSR count). The molecule has 0 aromatic rings. The Morgan fingerprint density at radius 1 is 1.21 bits per heavy atom. The van der Waals surface area contributed by atoms with Crippen molar-refractivity contribution in [2.45, 2.75) is 18.9 Å². The van der Waals surface area contributed by atoms with Gasteiger partial charge in [0, 0.05) is 0 Å². The summed E-state index contributed by atoms with van der Waals surface area (Å²) in [6, 6.07) is 0. The van der Waals surface area contributed by atoms with Gasteiger partial charge in [0.2, 0.25) is 0 Å². The fraction of sp³-hybridized carbons (Fsp3) is 0.571. The van der Waals surface area contributed by atoms with Gasteiger partial charge in [0.15, 0.2) is 5.60 Å². The molecule has 7 heteroatoms. The van der Waals surface area contributed by atoms with E-state index in [2.05, 4.69) is 0 Å². The minimum absolute atomic E-state index is 0.747. The molecule has 0 aliphatic rings. The van der Waals surface area contributed by atoms with E-state index >= 15 is 0 Å². The minimum atomic E-state index is -2.59. The van der Waals surface area contributed by atoms with Gasteiger partial charge in [0.25, 0.3) is 0 Å². The highest BCUT2D eigenvalue weighted by Crippen LogP contribution is 2.21. The van der Waals surface area contributed by atoms with Gasteiger partial charge >= 0.3 is 17.9 Å². The second kappa shape index (κ2) is 4.05. The number of hydrogen-bond acceptors (Lipinski definition) is 4. The van der Waals surface area contributed by atoms with E-state index in [0.717, 1.165) is 6.92 Å². The first-order chi connectivity index (χ1) is 6.19. The maximum Gasteiger partial charge on any atom is 0.336 e. The molecule has 0 heterocycles. The molecule has 0 aromatic heterocycles. The van der Waals surface area contributed by atoms with Crippen molar-refractivity contribution in [3.8, 4) is 0 Å². The average molecular weight is 206 g/mol. The Morgan fingerprint density at radius 2 is 1.64 bits per heavy atom. The minimum Gasteiger partial charge on any atom is -0.481 e. The summed E-state index contributed by atoms with van der Waals surface area (Å²) in [6.45, 7) is 0.747. The molecular formula is C7H10O7. The standard InChI is InChI=1S/C7H10O7/c1-7(14,6(12)13)3(5(10)11)2-4(8)9/h3,14H,2H2,1H3,(H,8,9)(H,10,11)(H,12,13)/t3-,7?/m1/s1. The van der Waals surface area contributed by atoms with Gasteiger partial charge in [-0.15, -0.1) is 0 Å². The molecule has 0 spiro atoms. The van der Waals surface area contributed by atoms with Crippen LogP contribution in [-0.2, 0) is 14.4 Å². The summed E-state index contributed by atoms with van der Waals surface area (Å²) < 4.78 is 0. The van der Waals surface area contributed by atoms with Crippen LogP contribution in [0.4, 0.5) is 0 Å². The second-order valence-corrected chi connectivity index (χ2v) is 2.94. The molecule has 14 heavy (non-hydrogen) atoms. The van der Waals surface area contributed by atoms with Crippen molar-refractivity contribution in [2.24, 2.45) is 5.92 Å². The Kier molecular flexibility index (Phi) is 3.58. The summed E-state index contributed by atoms with van der Waals surface area (Å²) in [5.41, 5.74) is -2.59. The molecule has 0 aliphatic carbocycles. The van der Waals surface area contributed by atoms with Crippen LogP contribution in [0.2, 0.25) is 0 Å². The number of aliphatic hydroxyl groups is 1. The molecule has 1 unspecified atom stereocenters. The Bertz CT molecular complexity index is 267. The molecule has 7 nitrogen and oxygen atoms in total. The van der Waals surface area contributed by atoms with Crippen molar-refractivity contribution in [1.82, 2.24) is 0 Å². The van der Waals surface area contributed by atoms with E-state index < -0.39 is 35.8 Å². The predicted molar refractivity (Wildman–Crippen MR) is 41.6 cm³/mol. The van der Waals surface area contributed by atoms with E-state index in [-0.39, 0.29) is 0 Å². The zero-order chi connectivity index (χ0) is 11.5. The highest BCUT2D eigenvalue weighted by Gasteiger charge is 2.45. The quantitative estimate of drug-likeness (QED) is 0.453. The maximum absolute atomic E-state index is 10.5. The zero-order valence-electron chi connectivity index (χ0n) is 7.30. The first-order valence-corrected chi connectivity index (χ1v) is 3.60. The van der Waals surface area contributed by atoms with Crippen LogP contribution in [0, 0.1) is 5.92 Å². The smallest absolute Gasteiger partial charge is 0.336 e. The Morgan fingerprint density at radius 3 is 1.86 bits per heavy atom. The fourth-order valence-corrected chi connectivity index (χ4v) is 0.850. The highest BCUT2D eigenvalue weighted by molar-refractivity contribution is 5.87. The lowest BCUT2D eigenvalue weighted by Gasteiger charge is -2.23. The lowest BCUT2D eigenvalue weighted by atomic mass is 9.86. The Hall–Kier alpha value is -1.63. The predicted octanol–water partition coefficient (Wildman–Crippen LogP) is -1.00. The van der Waals surface area contributed by atoms with E-state index in [0.29, 0.717) is 0 Å². The van der Waals surface area contributed by atoms with Gasteiger partial charge < -0.3 is 20.4 Å². The van der Waals surface area contributed by atoms with Gasteiger partial charge in [-0.2, -0.15) is 0 Å². The highest BCUT2D eigenvalue weighted by atomic mass is 16.4. The van der Waals surface area contributed by atoms with E-state index in [9.17, 15) is 19.5 Å². The number of carboxylic acids is 3. The van der Waals surface area contributed by atoms with Gasteiger partial charge in [-0.05, 0) is 6.92 Å². The van der Waals surface area contributed by atoms with Crippen molar-refractivity contribution in [2.75, 3.05) is 0 Å². The third-order valence-electron chi connectivity index (χ3n) is 1.79. The van der Waals surface area contributed by atoms with Crippen LogP contribution in [-0.4, -0.2) is 43.9 Å². The zero-order valence-corrected chi connectivity index (χ0v) is 7.30. The number of hydrogen-bond donors (Lipinski definition) is 4. The lowest BCUT2D eigenvalue weighted by molar-refractivity contribution is -0.174. The lowest BCUT2D eigenvalue weighted by Crippen LogP contribution is -2.47. The number of aliphatic carboxylic acids is 3. The van der Waals surface area contributed by atoms with Crippen molar-refractivity contribution in [3.05, 3.63) is 0 Å². The third kappa shape index (κ3) is 2.70. The van der Waals surface area contributed by atoms with Gasteiger partial charge in [0.05, 0.1) is 6.42 Å². The van der Waals surface area contributed by atoms with Crippen molar-refractivity contribution in [3.63, 3.8) is 0 Å². The van der Waals surface area contributed by atoms with E-state index in [1.165, 1.54) is 0 Å².